The highest BCUT2D eigenvalue weighted by Crippen LogP contribution is 2.47. The zero-order valence-corrected chi connectivity index (χ0v) is 31.4. The standard InChI is InChI=1S/C44H28F12.C3H6/c1-3-4-14-35(41(45,46)47)25(2)22-27-18-20-31-33(29-12-6-9-16-37(29)43(51,52)53)24-34(30-13-7-10-17-38(30)44(54,55)56)32-21-19-28(39(27)40(31)32)23-26-11-5-8-15-36(26)42(48,49)50;1-3-2/h3-22,24H,1,23H2,2H3;3H,1H2,2H3/b14-4-,27-22+,35-25-;. The van der Waals surface area contributed by atoms with Crippen LogP contribution in [-0.4, -0.2) is 6.18 Å². The lowest BCUT2D eigenvalue weighted by Crippen LogP contribution is -2.14. The van der Waals surface area contributed by atoms with E-state index in [4.69, 9.17) is 0 Å². The van der Waals surface area contributed by atoms with Crippen LogP contribution in [0, 0.1) is 0 Å². The van der Waals surface area contributed by atoms with Crippen molar-refractivity contribution in [3.8, 4) is 22.3 Å². The first-order valence-corrected chi connectivity index (χ1v) is 17.8. The van der Waals surface area contributed by atoms with Crippen LogP contribution < -0.4 is 5.22 Å². The Bertz CT molecular complexity index is 2550. The molecule has 0 aliphatic heterocycles. The monoisotopic (exact) mass is 826 g/mol. The molecule has 6 rings (SSSR count). The summed E-state index contributed by atoms with van der Waals surface area (Å²) in [6.07, 6.45) is -14.1. The molecule has 0 atom stereocenters. The Balaban J connectivity index is 0.00000214. The minimum Gasteiger partial charge on any atom is -0.166 e. The van der Waals surface area contributed by atoms with Gasteiger partial charge in [0.15, 0.2) is 0 Å². The fourth-order valence-corrected chi connectivity index (χ4v) is 7.07. The molecule has 306 valence electrons. The van der Waals surface area contributed by atoms with Gasteiger partial charge in [-0.05, 0) is 116 Å². The highest BCUT2D eigenvalue weighted by Gasteiger charge is 2.37. The molecule has 0 radical (unpaired) electrons. The number of alkyl halides is 12. The van der Waals surface area contributed by atoms with Crippen molar-refractivity contribution in [1.29, 1.82) is 0 Å². The highest BCUT2D eigenvalue weighted by molar-refractivity contribution is 6.21. The summed E-state index contributed by atoms with van der Waals surface area (Å²) in [4.78, 5) is 0. The lowest BCUT2D eigenvalue weighted by atomic mass is 9.83. The Morgan fingerprint density at radius 2 is 1.00 bits per heavy atom. The Hall–Kier alpha value is -6.04. The summed E-state index contributed by atoms with van der Waals surface area (Å²) < 4.78 is 173. The lowest BCUT2D eigenvalue weighted by molar-refractivity contribution is -0.138. The summed E-state index contributed by atoms with van der Waals surface area (Å²) in [7, 11) is 0. The minimum absolute atomic E-state index is 0.0326. The molecular formula is C47H34F12. The Labute approximate surface area is 331 Å². The van der Waals surface area contributed by atoms with Gasteiger partial charge in [0.2, 0.25) is 0 Å². The van der Waals surface area contributed by atoms with Crippen LogP contribution in [0.4, 0.5) is 52.7 Å². The van der Waals surface area contributed by atoms with Crippen LogP contribution in [0.25, 0.3) is 49.9 Å². The zero-order chi connectivity index (χ0) is 43.5. The summed E-state index contributed by atoms with van der Waals surface area (Å²) in [5.41, 5.74) is -5.84. The summed E-state index contributed by atoms with van der Waals surface area (Å²) in [6.45, 7) is 9.81. The van der Waals surface area contributed by atoms with Crippen molar-refractivity contribution in [2.24, 2.45) is 0 Å². The van der Waals surface area contributed by atoms with E-state index in [1.807, 2.05) is 6.92 Å². The molecule has 0 spiro atoms. The van der Waals surface area contributed by atoms with Gasteiger partial charge < -0.3 is 0 Å². The Kier molecular flexibility index (Phi) is 12.7. The topological polar surface area (TPSA) is 0 Å². The van der Waals surface area contributed by atoms with Crippen LogP contribution in [0.2, 0.25) is 0 Å². The van der Waals surface area contributed by atoms with Gasteiger partial charge in [0.05, 0.1) is 22.3 Å². The van der Waals surface area contributed by atoms with Gasteiger partial charge in [0, 0.05) is 0 Å². The van der Waals surface area contributed by atoms with Crippen LogP contribution in [-0.2, 0) is 24.9 Å². The Morgan fingerprint density at radius 3 is 1.47 bits per heavy atom. The molecule has 0 bridgehead atoms. The number of hydrogen-bond donors (Lipinski definition) is 0. The van der Waals surface area contributed by atoms with Crippen molar-refractivity contribution in [3.05, 3.63) is 185 Å². The maximum absolute atomic E-state index is 14.6. The quantitative estimate of drug-likeness (QED) is 0.0854. The molecule has 0 N–H and O–H groups in total. The summed E-state index contributed by atoms with van der Waals surface area (Å²) in [5.74, 6) is 0. The largest absolute Gasteiger partial charge is 0.417 e. The molecular weight excluding hydrogens is 792 g/mol. The molecule has 0 aliphatic carbocycles. The average Bonchev–Trinajstić information content (AvgIpc) is 3.15. The number of hydrogen-bond acceptors (Lipinski definition) is 0. The first-order valence-electron chi connectivity index (χ1n) is 17.8. The third-order valence-electron chi connectivity index (χ3n) is 9.40. The molecule has 59 heavy (non-hydrogen) atoms. The van der Waals surface area contributed by atoms with E-state index >= 15 is 0 Å². The molecule has 0 saturated heterocycles. The molecule has 0 nitrogen and oxygen atoms in total. The number of benzene rings is 6. The number of halogens is 12. The molecule has 0 heterocycles. The van der Waals surface area contributed by atoms with Crippen LogP contribution in [0.1, 0.15) is 41.7 Å². The number of allylic oxidation sites excluding steroid dienone is 6. The predicted octanol–water partition coefficient (Wildman–Crippen LogP) is 15.3. The van der Waals surface area contributed by atoms with E-state index in [1.165, 1.54) is 60.7 Å². The third-order valence-corrected chi connectivity index (χ3v) is 9.40. The van der Waals surface area contributed by atoms with E-state index in [2.05, 4.69) is 13.2 Å². The first kappa shape index (κ1) is 44.1. The van der Waals surface area contributed by atoms with Crippen molar-refractivity contribution in [2.45, 2.75) is 45.0 Å². The third kappa shape index (κ3) is 9.48. The molecule has 6 aromatic rings. The second-order valence-electron chi connectivity index (χ2n) is 13.4. The van der Waals surface area contributed by atoms with E-state index in [0.29, 0.717) is 0 Å². The van der Waals surface area contributed by atoms with Gasteiger partial charge in [-0.2, -0.15) is 52.7 Å². The van der Waals surface area contributed by atoms with Crippen molar-refractivity contribution < 1.29 is 52.7 Å². The number of rotatable bonds is 7. The van der Waals surface area contributed by atoms with Gasteiger partial charge in [-0.3, -0.25) is 0 Å². The van der Waals surface area contributed by atoms with Crippen LogP contribution in [0.3, 0.4) is 0 Å². The summed E-state index contributed by atoms with van der Waals surface area (Å²) >= 11 is 0. The molecule has 0 unspecified atom stereocenters. The van der Waals surface area contributed by atoms with Crippen LogP contribution in [0.15, 0.2) is 152 Å². The maximum Gasteiger partial charge on any atom is 0.417 e. The summed E-state index contributed by atoms with van der Waals surface area (Å²) in [5, 5.41) is 0.275. The second-order valence-corrected chi connectivity index (χ2v) is 13.4. The van der Waals surface area contributed by atoms with Crippen LogP contribution in [0.5, 0.6) is 0 Å². The molecule has 0 saturated carbocycles. The Morgan fingerprint density at radius 1 is 0.542 bits per heavy atom. The summed E-state index contributed by atoms with van der Waals surface area (Å²) in [6, 6.07) is 20.1. The molecule has 0 aromatic heterocycles. The van der Waals surface area contributed by atoms with Crippen molar-refractivity contribution >= 4 is 27.6 Å². The smallest absolute Gasteiger partial charge is 0.166 e. The molecule has 0 amide bonds. The van der Waals surface area contributed by atoms with Gasteiger partial charge >= 0.3 is 24.7 Å². The van der Waals surface area contributed by atoms with Gasteiger partial charge in [0.25, 0.3) is 0 Å². The minimum atomic E-state index is -4.92. The zero-order valence-electron chi connectivity index (χ0n) is 31.4. The second kappa shape index (κ2) is 17.1. The maximum atomic E-state index is 14.6. The van der Waals surface area contributed by atoms with Crippen molar-refractivity contribution in [3.63, 3.8) is 0 Å². The molecule has 0 fully saturated rings. The van der Waals surface area contributed by atoms with Gasteiger partial charge in [-0.1, -0.05) is 110 Å². The average molecular weight is 827 g/mol. The normalized spacial score (nSPS) is 13.4. The predicted molar refractivity (Wildman–Crippen MR) is 210 cm³/mol. The lowest BCUT2D eigenvalue weighted by Gasteiger charge is -2.22. The SMILES string of the molecule is C=CC.C=C\C=C/C(=C(C)/C=c1\ccc2c(-c3ccccc3C(F)(F)F)cc(-c3ccccc3C(F)(F)F)c3ccc(Cc4ccccc4C(F)(F)F)c1c32)C(F)(F)F. The fraction of sp³-hybridized carbons (Fsp3) is 0.149. The molecule has 0 aliphatic rings. The molecule has 6 aromatic carbocycles. The van der Waals surface area contributed by atoms with E-state index in [0.717, 1.165) is 73.7 Å². The van der Waals surface area contributed by atoms with Crippen molar-refractivity contribution in [1.82, 2.24) is 0 Å². The first-order chi connectivity index (χ1) is 27.6. The highest BCUT2D eigenvalue weighted by atomic mass is 19.4. The van der Waals surface area contributed by atoms with E-state index in [9.17, 15) is 52.7 Å². The van der Waals surface area contributed by atoms with E-state index in [-0.39, 0.29) is 54.6 Å². The van der Waals surface area contributed by atoms with E-state index < -0.39 is 64.5 Å². The van der Waals surface area contributed by atoms with Gasteiger partial charge in [0.1, 0.15) is 0 Å². The fourth-order valence-electron chi connectivity index (χ4n) is 7.07. The van der Waals surface area contributed by atoms with Gasteiger partial charge in [-0.15, -0.1) is 6.58 Å². The van der Waals surface area contributed by atoms with Crippen molar-refractivity contribution in [2.75, 3.05) is 0 Å². The van der Waals surface area contributed by atoms with E-state index in [1.54, 1.807) is 6.08 Å². The van der Waals surface area contributed by atoms with Crippen LogP contribution >= 0.6 is 0 Å². The molecule has 12 heteroatoms. The van der Waals surface area contributed by atoms with Gasteiger partial charge in [-0.25, -0.2) is 0 Å².